The Morgan fingerprint density at radius 2 is 2.26 bits per heavy atom. The maximum atomic E-state index is 11.7. The maximum absolute atomic E-state index is 11.7. The first-order chi connectivity index (χ1) is 8.90. The summed E-state index contributed by atoms with van der Waals surface area (Å²) in [6.45, 7) is 7.83. The SMILES string of the molecule is C=C1C(=O)O[C@@H]2C[C@]3(C)O[C@@H]3C/C=C(\C)C[C@H](O)[C@@H]12. The summed E-state index contributed by atoms with van der Waals surface area (Å²) in [5, 5.41) is 10.4. The number of carbonyl (C=O) groups is 1. The van der Waals surface area contributed by atoms with Crippen molar-refractivity contribution in [3.05, 3.63) is 23.8 Å². The molecule has 0 amide bonds. The third-order valence-corrected chi connectivity index (χ3v) is 4.59. The first-order valence-corrected chi connectivity index (χ1v) is 6.82. The standard InChI is InChI=1S/C15H20O4/c1-8-4-5-12-15(3,19-12)7-11-13(10(16)6-8)9(2)14(17)18-11/h4,10-13,16H,2,5-7H2,1,3H3/b8-4+/t10-,11+,12+,13+,15-/m0/s1. The van der Waals surface area contributed by atoms with Crippen LogP contribution < -0.4 is 0 Å². The Morgan fingerprint density at radius 1 is 1.53 bits per heavy atom. The van der Waals surface area contributed by atoms with Crippen LogP contribution in [0.15, 0.2) is 23.8 Å². The molecule has 4 nitrogen and oxygen atoms in total. The third-order valence-electron chi connectivity index (χ3n) is 4.59. The van der Waals surface area contributed by atoms with Crippen molar-refractivity contribution in [2.24, 2.45) is 5.92 Å². The number of rotatable bonds is 0. The van der Waals surface area contributed by atoms with Gasteiger partial charge in [-0.2, -0.15) is 0 Å². The van der Waals surface area contributed by atoms with Gasteiger partial charge in [0.15, 0.2) is 0 Å². The van der Waals surface area contributed by atoms with Gasteiger partial charge in [0.05, 0.1) is 23.7 Å². The summed E-state index contributed by atoms with van der Waals surface area (Å²) < 4.78 is 11.1. The summed E-state index contributed by atoms with van der Waals surface area (Å²) in [6, 6.07) is 0. The normalized spacial score (nSPS) is 48.7. The molecule has 2 aliphatic heterocycles. The van der Waals surface area contributed by atoms with Crippen LogP contribution in [0.25, 0.3) is 0 Å². The summed E-state index contributed by atoms with van der Waals surface area (Å²) >= 11 is 0. The minimum Gasteiger partial charge on any atom is -0.458 e. The highest BCUT2D eigenvalue weighted by atomic mass is 16.6. The van der Waals surface area contributed by atoms with Crippen molar-refractivity contribution in [1.29, 1.82) is 0 Å². The first kappa shape index (κ1) is 12.9. The van der Waals surface area contributed by atoms with E-state index in [0.717, 1.165) is 12.0 Å². The zero-order chi connectivity index (χ0) is 13.8. The fourth-order valence-corrected chi connectivity index (χ4v) is 3.31. The largest absolute Gasteiger partial charge is 0.458 e. The molecule has 0 aromatic rings. The second kappa shape index (κ2) is 4.18. The number of aliphatic hydroxyl groups excluding tert-OH is 1. The smallest absolute Gasteiger partial charge is 0.334 e. The molecular formula is C15H20O4. The molecule has 0 radical (unpaired) electrons. The van der Waals surface area contributed by atoms with Gasteiger partial charge in [0.2, 0.25) is 0 Å². The fourth-order valence-electron chi connectivity index (χ4n) is 3.31. The lowest BCUT2D eigenvalue weighted by Gasteiger charge is -2.25. The number of fused-ring (bicyclic) bond motifs is 2. The van der Waals surface area contributed by atoms with E-state index in [1.54, 1.807) is 0 Å². The Kier molecular flexibility index (Phi) is 2.84. The summed E-state index contributed by atoms with van der Waals surface area (Å²) in [5.41, 5.74) is 1.28. The minimum absolute atomic E-state index is 0.200. The molecule has 0 aromatic heterocycles. The van der Waals surface area contributed by atoms with Gasteiger partial charge in [-0.05, 0) is 26.7 Å². The van der Waals surface area contributed by atoms with Crippen molar-refractivity contribution in [3.63, 3.8) is 0 Å². The molecule has 0 saturated carbocycles. The number of carbonyl (C=O) groups excluding carboxylic acids is 1. The quantitative estimate of drug-likeness (QED) is 0.313. The van der Waals surface area contributed by atoms with E-state index < -0.39 is 6.10 Å². The van der Waals surface area contributed by atoms with Gasteiger partial charge in [-0.3, -0.25) is 0 Å². The van der Waals surface area contributed by atoms with Crippen molar-refractivity contribution in [3.8, 4) is 0 Å². The second-order valence-corrected chi connectivity index (χ2v) is 6.18. The van der Waals surface area contributed by atoms with Gasteiger partial charge < -0.3 is 14.6 Å². The molecule has 1 N–H and O–H groups in total. The lowest BCUT2D eigenvalue weighted by Crippen LogP contribution is -2.33. The highest BCUT2D eigenvalue weighted by Gasteiger charge is 2.56. The maximum Gasteiger partial charge on any atom is 0.334 e. The average molecular weight is 264 g/mol. The Bertz CT molecular complexity index is 467. The van der Waals surface area contributed by atoms with Crippen LogP contribution in [0.5, 0.6) is 0 Å². The van der Waals surface area contributed by atoms with Crippen LogP contribution in [-0.4, -0.2) is 35.0 Å². The Labute approximate surface area is 113 Å². The lowest BCUT2D eigenvalue weighted by molar-refractivity contribution is -0.140. The Hall–Kier alpha value is -1.13. The van der Waals surface area contributed by atoms with Crippen molar-refractivity contribution >= 4 is 5.97 Å². The van der Waals surface area contributed by atoms with Gasteiger partial charge in [-0.1, -0.05) is 18.2 Å². The van der Waals surface area contributed by atoms with Crippen LogP contribution >= 0.6 is 0 Å². The van der Waals surface area contributed by atoms with Crippen LogP contribution in [0.4, 0.5) is 0 Å². The molecule has 1 aliphatic carbocycles. The number of esters is 1. The van der Waals surface area contributed by atoms with E-state index in [2.05, 4.69) is 12.7 Å². The van der Waals surface area contributed by atoms with Gasteiger partial charge >= 0.3 is 5.97 Å². The molecule has 0 spiro atoms. The number of epoxide rings is 1. The average Bonchev–Trinajstić information content (AvgIpc) is 2.87. The van der Waals surface area contributed by atoms with E-state index in [-0.39, 0.29) is 29.7 Å². The highest BCUT2D eigenvalue weighted by molar-refractivity contribution is 5.91. The number of hydrogen-bond donors (Lipinski definition) is 1. The van der Waals surface area contributed by atoms with Crippen LogP contribution in [0, 0.1) is 5.92 Å². The first-order valence-electron chi connectivity index (χ1n) is 6.82. The van der Waals surface area contributed by atoms with E-state index >= 15 is 0 Å². The molecule has 2 saturated heterocycles. The zero-order valence-electron chi connectivity index (χ0n) is 11.4. The van der Waals surface area contributed by atoms with Gasteiger partial charge in [0, 0.05) is 12.0 Å². The molecule has 2 heterocycles. The van der Waals surface area contributed by atoms with Crippen LogP contribution in [0.1, 0.15) is 33.1 Å². The minimum atomic E-state index is -0.612. The monoisotopic (exact) mass is 264 g/mol. The van der Waals surface area contributed by atoms with Crippen LogP contribution in [0.3, 0.4) is 0 Å². The molecular weight excluding hydrogens is 244 g/mol. The van der Waals surface area contributed by atoms with E-state index in [9.17, 15) is 9.90 Å². The molecule has 0 unspecified atom stereocenters. The molecule has 3 aliphatic rings. The highest BCUT2D eigenvalue weighted by Crippen LogP contribution is 2.47. The Balaban J connectivity index is 1.91. The van der Waals surface area contributed by atoms with Gasteiger partial charge in [0.25, 0.3) is 0 Å². The number of hydrogen-bond acceptors (Lipinski definition) is 4. The number of aliphatic hydroxyl groups is 1. The van der Waals surface area contributed by atoms with E-state index in [4.69, 9.17) is 9.47 Å². The van der Waals surface area contributed by atoms with Gasteiger partial charge in [0.1, 0.15) is 6.10 Å². The topological polar surface area (TPSA) is 59.1 Å². The van der Waals surface area contributed by atoms with Crippen molar-refractivity contribution in [1.82, 2.24) is 0 Å². The van der Waals surface area contributed by atoms with E-state index in [1.807, 2.05) is 13.8 Å². The van der Waals surface area contributed by atoms with Gasteiger partial charge in [-0.25, -0.2) is 4.79 Å². The van der Waals surface area contributed by atoms with Crippen molar-refractivity contribution in [2.75, 3.05) is 0 Å². The van der Waals surface area contributed by atoms with Crippen molar-refractivity contribution in [2.45, 2.75) is 57.0 Å². The third kappa shape index (κ3) is 2.13. The van der Waals surface area contributed by atoms with Crippen molar-refractivity contribution < 1.29 is 19.4 Å². The van der Waals surface area contributed by atoms with E-state index in [0.29, 0.717) is 18.4 Å². The predicted molar refractivity (Wildman–Crippen MR) is 69.4 cm³/mol. The fraction of sp³-hybridized carbons (Fsp3) is 0.667. The van der Waals surface area contributed by atoms with Crippen LogP contribution in [-0.2, 0) is 14.3 Å². The molecule has 19 heavy (non-hydrogen) atoms. The second-order valence-electron chi connectivity index (χ2n) is 6.18. The summed E-state index contributed by atoms with van der Waals surface area (Å²) in [5.74, 6) is -0.689. The number of ether oxygens (including phenoxy) is 2. The summed E-state index contributed by atoms with van der Waals surface area (Å²) in [4.78, 5) is 11.7. The lowest BCUT2D eigenvalue weighted by atomic mass is 9.82. The molecule has 5 atom stereocenters. The summed E-state index contributed by atoms with van der Waals surface area (Å²) in [6.07, 6.45) is 3.46. The molecule has 4 heteroatoms. The Morgan fingerprint density at radius 3 is 3.00 bits per heavy atom. The molecule has 0 bridgehead atoms. The summed E-state index contributed by atoms with van der Waals surface area (Å²) in [7, 11) is 0. The van der Waals surface area contributed by atoms with E-state index in [1.165, 1.54) is 0 Å². The predicted octanol–water partition coefficient (Wildman–Crippen LogP) is 1.73. The van der Waals surface area contributed by atoms with Crippen LogP contribution in [0.2, 0.25) is 0 Å². The zero-order valence-corrected chi connectivity index (χ0v) is 11.4. The molecule has 0 aromatic carbocycles. The molecule has 3 rings (SSSR count). The van der Waals surface area contributed by atoms with Gasteiger partial charge in [-0.15, -0.1) is 0 Å². The molecule has 2 fully saturated rings. The molecule has 104 valence electrons.